The lowest BCUT2D eigenvalue weighted by atomic mass is 10.00. The van der Waals surface area contributed by atoms with E-state index in [4.69, 9.17) is 14.6 Å². The third kappa shape index (κ3) is 4.63. The maximum atomic E-state index is 11.0. The second kappa shape index (κ2) is 9.53. The number of nitro benzene ring substituents is 1. The number of hydrogen-bond acceptors (Lipinski definition) is 8. The summed E-state index contributed by atoms with van der Waals surface area (Å²) in [5.41, 5.74) is 3.01. The number of anilines is 1. The highest BCUT2D eigenvalue weighted by Gasteiger charge is 2.29. The van der Waals surface area contributed by atoms with Crippen LogP contribution in [0.25, 0.3) is 6.08 Å². The van der Waals surface area contributed by atoms with Crippen LogP contribution in [0.2, 0.25) is 0 Å². The van der Waals surface area contributed by atoms with E-state index < -0.39 is 4.92 Å². The predicted molar refractivity (Wildman–Crippen MR) is 129 cm³/mol. The zero-order chi connectivity index (χ0) is 24.2. The summed E-state index contributed by atoms with van der Waals surface area (Å²) in [5.74, 6) is 0.807. The van der Waals surface area contributed by atoms with Crippen LogP contribution >= 0.6 is 0 Å². The van der Waals surface area contributed by atoms with Crippen LogP contribution in [-0.4, -0.2) is 35.1 Å². The molecule has 0 aromatic heterocycles. The molecule has 0 saturated carbocycles. The fourth-order valence-electron chi connectivity index (χ4n) is 3.78. The van der Waals surface area contributed by atoms with Crippen molar-refractivity contribution in [3.8, 4) is 23.0 Å². The van der Waals surface area contributed by atoms with Crippen molar-refractivity contribution in [1.29, 1.82) is 0 Å². The molecule has 2 N–H and O–H groups in total. The molecule has 0 saturated heterocycles. The van der Waals surface area contributed by atoms with Crippen molar-refractivity contribution >= 4 is 23.2 Å². The Hall–Kier alpha value is -4.53. The van der Waals surface area contributed by atoms with Gasteiger partial charge < -0.3 is 19.7 Å². The molecule has 3 aromatic rings. The molecular weight excluding hydrogens is 438 g/mol. The molecule has 9 heteroatoms. The number of allylic oxidation sites excluding steroid dienone is 1. The van der Waals surface area contributed by atoms with Gasteiger partial charge in [-0.25, -0.2) is 0 Å². The van der Waals surface area contributed by atoms with Crippen molar-refractivity contribution in [3.05, 3.63) is 88.0 Å². The molecule has 9 nitrogen and oxygen atoms in total. The zero-order valence-corrected chi connectivity index (χ0v) is 18.6. The molecule has 0 fully saturated rings. The van der Waals surface area contributed by atoms with Gasteiger partial charge in [-0.2, -0.15) is 5.10 Å². The van der Waals surface area contributed by atoms with Gasteiger partial charge in [-0.05, 0) is 53.6 Å². The molecule has 0 radical (unpaired) electrons. The van der Waals surface area contributed by atoms with Crippen molar-refractivity contribution < 1.29 is 24.6 Å². The molecule has 4 rings (SSSR count). The lowest BCUT2D eigenvalue weighted by molar-refractivity contribution is -0.384. The third-order valence-corrected chi connectivity index (χ3v) is 5.52. The summed E-state index contributed by atoms with van der Waals surface area (Å²) in [6.45, 7) is 0. The van der Waals surface area contributed by atoms with Gasteiger partial charge in [0.15, 0.2) is 23.0 Å². The minimum atomic E-state index is -0.450. The minimum Gasteiger partial charge on any atom is -0.504 e. The molecule has 0 bridgehead atoms. The summed E-state index contributed by atoms with van der Waals surface area (Å²) in [7, 11) is 2.97. The summed E-state index contributed by atoms with van der Waals surface area (Å²) in [6, 6.07) is 16.2. The number of rotatable bonds is 7. The van der Waals surface area contributed by atoms with E-state index in [9.17, 15) is 20.3 Å². The van der Waals surface area contributed by atoms with Crippen LogP contribution in [0.1, 0.15) is 23.6 Å². The number of non-ortho nitro benzene ring substituents is 1. The second-order valence-electron chi connectivity index (χ2n) is 7.63. The highest BCUT2D eigenvalue weighted by Crippen LogP contribution is 2.39. The van der Waals surface area contributed by atoms with Crippen LogP contribution in [-0.2, 0) is 0 Å². The number of hydrazone groups is 1. The van der Waals surface area contributed by atoms with E-state index in [-0.39, 0.29) is 23.2 Å². The first-order chi connectivity index (χ1) is 16.4. The third-order valence-electron chi connectivity index (χ3n) is 5.52. The van der Waals surface area contributed by atoms with Crippen LogP contribution in [0, 0.1) is 10.1 Å². The Labute approximate surface area is 195 Å². The number of methoxy groups -OCH3 is 2. The highest BCUT2D eigenvalue weighted by molar-refractivity contribution is 6.01. The Kier molecular flexibility index (Phi) is 6.35. The number of benzene rings is 3. The number of hydrogen-bond donors (Lipinski definition) is 2. The Morgan fingerprint density at radius 1 is 0.971 bits per heavy atom. The number of aromatic hydroxyl groups is 2. The molecule has 1 heterocycles. The fraction of sp³-hybridized carbons (Fsp3) is 0.160. The van der Waals surface area contributed by atoms with E-state index in [1.54, 1.807) is 41.4 Å². The average molecular weight is 461 g/mol. The van der Waals surface area contributed by atoms with Gasteiger partial charge in [0.1, 0.15) is 0 Å². The Bertz CT molecular complexity index is 1270. The SMILES string of the molecule is COc1ccc(C=CC2=NN(c3ccc([N+](=O)[O-])cc3)C(c3ccc(OC)c(O)c3)C2)cc1O. The average Bonchev–Trinajstić information content (AvgIpc) is 3.27. The first kappa shape index (κ1) is 22.7. The summed E-state index contributed by atoms with van der Waals surface area (Å²) < 4.78 is 10.2. The summed E-state index contributed by atoms with van der Waals surface area (Å²) in [5, 5.41) is 37.8. The number of nitro groups is 1. The van der Waals surface area contributed by atoms with Gasteiger partial charge in [-0.1, -0.05) is 18.2 Å². The molecule has 0 aliphatic carbocycles. The van der Waals surface area contributed by atoms with Crippen LogP contribution in [0.4, 0.5) is 11.4 Å². The molecule has 34 heavy (non-hydrogen) atoms. The summed E-state index contributed by atoms with van der Waals surface area (Å²) >= 11 is 0. The normalized spacial score (nSPS) is 15.4. The topological polar surface area (TPSA) is 118 Å². The minimum absolute atomic E-state index is 0.00926. The Morgan fingerprint density at radius 2 is 1.62 bits per heavy atom. The molecular formula is C25H23N3O6. The van der Waals surface area contributed by atoms with Crippen LogP contribution in [0.15, 0.2) is 71.8 Å². The number of phenols is 2. The first-order valence-electron chi connectivity index (χ1n) is 10.4. The molecule has 174 valence electrons. The van der Waals surface area contributed by atoms with Crippen molar-refractivity contribution in [2.45, 2.75) is 12.5 Å². The molecule has 0 amide bonds. The predicted octanol–water partition coefficient (Wildman–Crippen LogP) is 5.04. The van der Waals surface area contributed by atoms with E-state index in [1.165, 1.54) is 26.4 Å². The fourth-order valence-corrected chi connectivity index (χ4v) is 3.78. The van der Waals surface area contributed by atoms with Crippen molar-refractivity contribution in [1.82, 2.24) is 0 Å². The molecule has 0 spiro atoms. The van der Waals surface area contributed by atoms with Crippen molar-refractivity contribution in [2.24, 2.45) is 5.10 Å². The number of phenolic OH excluding ortho intramolecular Hbond substituents is 2. The van der Waals surface area contributed by atoms with Gasteiger partial charge in [0.25, 0.3) is 5.69 Å². The quantitative estimate of drug-likeness (QED) is 0.374. The van der Waals surface area contributed by atoms with E-state index in [0.29, 0.717) is 23.6 Å². The van der Waals surface area contributed by atoms with Crippen LogP contribution < -0.4 is 14.5 Å². The van der Waals surface area contributed by atoms with E-state index >= 15 is 0 Å². The summed E-state index contributed by atoms with van der Waals surface area (Å²) in [6.07, 6.45) is 4.21. The van der Waals surface area contributed by atoms with Gasteiger partial charge in [0, 0.05) is 18.6 Å². The van der Waals surface area contributed by atoms with Gasteiger partial charge >= 0.3 is 0 Å². The van der Waals surface area contributed by atoms with Crippen molar-refractivity contribution in [3.63, 3.8) is 0 Å². The van der Waals surface area contributed by atoms with Gasteiger partial charge in [-0.15, -0.1) is 0 Å². The zero-order valence-electron chi connectivity index (χ0n) is 18.6. The van der Waals surface area contributed by atoms with Crippen LogP contribution in [0.3, 0.4) is 0 Å². The highest BCUT2D eigenvalue weighted by atomic mass is 16.6. The smallest absolute Gasteiger partial charge is 0.269 e. The van der Waals surface area contributed by atoms with Gasteiger partial charge in [0.05, 0.1) is 36.6 Å². The molecule has 1 unspecified atom stereocenters. The maximum absolute atomic E-state index is 11.0. The lowest BCUT2D eigenvalue weighted by Crippen LogP contribution is -2.18. The van der Waals surface area contributed by atoms with E-state index in [1.807, 2.05) is 24.3 Å². The maximum Gasteiger partial charge on any atom is 0.269 e. The monoisotopic (exact) mass is 461 g/mol. The van der Waals surface area contributed by atoms with E-state index in [0.717, 1.165) is 16.8 Å². The number of ether oxygens (including phenoxy) is 2. The molecule has 1 aliphatic heterocycles. The van der Waals surface area contributed by atoms with Gasteiger partial charge in [-0.3, -0.25) is 15.1 Å². The number of nitrogens with zero attached hydrogens (tertiary/aromatic N) is 3. The van der Waals surface area contributed by atoms with Crippen LogP contribution in [0.5, 0.6) is 23.0 Å². The van der Waals surface area contributed by atoms with Gasteiger partial charge in [0.2, 0.25) is 0 Å². The first-order valence-corrected chi connectivity index (χ1v) is 10.4. The summed E-state index contributed by atoms with van der Waals surface area (Å²) in [4.78, 5) is 10.6. The Morgan fingerprint density at radius 3 is 2.21 bits per heavy atom. The van der Waals surface area contributed by atoms with E-state index in [2.05, 4.69) is 0 Å². The molecule has 1 aliphatic rings. The largest absolute Gasteiger partial charge is 0.504 e. The Balaban J connectivity index is 1.66. The van der Waals surface area contributed by atoms with Crippen molar-refractivity contribution in [2.75, 3.05) is 19.2 Å². The molecule has 3 aromatic carbocycles. The second-order valence-corrected chi connectivity index (χ2v) is 7.63. The standard InChI is InChI=1S/C25H23N3O6/c1-33-24-11-4-16(13-22(24)29)3-6-18-15-21(17-5-12-25(34-2)23(30)14-17)27(26-18)19-7-9-20(10-8-19)28(31)32/h3-14,21,29-30H,15H2,1-2H3. The molecule has 1 atom stereocenters. The lowest BCUT2D eigenvalue weighted by Gasteiger charge is -2.24.